The maximum absolute atomic E-state index is 4.43. The van der Waals surface area contributed by atoms with Gasteiger partial charge < -0.3 is 0 Å². The Morgan fingerprint density at radius 1 is 1.20 bits per heavy atom. The summed E-state index contributed by atoms with van der Waals surface area (Å²) in [5.74, 6) is 0. The van der Waals surface area contributed by atoms with E-state index < -0.39 is 0 Å². The van der Waals surface area contributed by atoms with Gasteiger partial charge in [-0.3, -0.25) is 4.68 Å². The smallest absolute Gasteiger partial charge is 0.0662 e. The van der Waals surface area contributed by atoms with Crippen molar-refractivity contribution in [2.45, 2.75) is 20.4 Å². The first kappa shape index (κ1) is 10.4. The van der Waals surface area contributed by atoms with Crippen molar-refractivity contribution < 1.29 is 0 Å². The maximum Gasteiger partial charge on any atom is 0.0662 e. The highest BCUT2D eigenvalue weighted by atomic mass is 79.9. The third kappa shape index (κ3) is 2.48. The molecule has 2 nitrogen and oxygen atoms in total. The molecule has 0 atom stereocenters. The Morgan fingerprint density at radius 3 is 2.40 bits per heavy atom. The average molecular weight is 265 g/mol. The van der Waals surface area contributed by atoms with Crippen molar-refractivity contribution in [2.24, 2.45) is 0 Å². The van der Waals surface area contributed by atoms with Crippen LogP contribution in [0, 0.1) is 13.8 Å². The molecule has 0 spiro atoms. The van der Waals surface area contributed by atoms with Crippen LogP contribution in [-0.2, 0) is 6.54 Å². The van der Waals surface area contributed by atoms with E-state index in [0.717, 1.165) is 16.7 Å². The van der Waals surface area contributed by atoms with Crippen LogP contribution in [0.1, 0.15) is 17.0 Å². The van der Waals surface area contributed by atoms with Gasteiger partial charge in [-0.2, -0.15) is 5.10 Å². The Hall–Kier alpha value is -1.09. The molecule has 0 aliphatic rings. The first-order valence-electron chi connectivity index (χ1n) is 4.90. The van der Waals surface area contributed by atoms with E-state index in [1.54, 1.807) is 0 Å². The summed E-state index contributed by atoms with van der Waals surface area (Å²) in [6.07, 6.45) is 0. The van der Waals surface area contributed by atoms with E-state index in [-0.39, 0.29) is 0 Å². The van der Waals surface area contributed by atoms with Gasteiger partial charge in [0.25, 0.3) is 0 Å². The number of rotatable bonds is 2. The van der Waals surface area contributed by atoms with Crippen molar-refractivity contribution in [3.05, 3.63) is 51.8 Å². The summed E-state index contributed by atoms with van der Waals surface area (Å²) in [4.78, 5) is 0. The second-order valence-electron chi connectivity index (χ2n) is 3.71. The van der Waals surface area contributed by atoms with Crippen LogP contribution in [0.5, 0.6) is 0 Å². The zero-order chi connectivity index (χ0) is 10.8. The Labute approximate surface area is 98.1 Å². The van der Waals surface area contributed by atoms with E-state index in [4.69, 9.17) is 0 Å². The van der Waals surface area contributed by atoms with Gasteiger partial charge in [-0.15, -0.1) is 0 Å². The summed E-state index contributed by atoms with van der Waals surface area (Å²) in [6.45, 7) is 4.94. The second-order valence-corrected chi connectivity index (χ2v) is 4.63. The van der Waals surface area contributed by atoms with Crippen LogP contribution >= 0.6 is 15.9 Å². The highest BCUT2D eigenvalue weighted by Crippen LogP contribution is 2.12. The minimum Gasteiger partial charge on any atom is -0.265 e. The van der Waals surface area contributed by atoms with Crippen molar-refractivity contribution in [1.82, 2.24) is 9.78 Å². The molecule has 1 aromatic heterocycles. The average Bonchev–Trinajstić information content (AvgIpc) is 2.49. The standard InChI is InChI=1S/C12H13BrN2/c1-9-7-10(2)15(14-9)8-11-3-5-12(13)6-4-11/h3-7H,8H2,1-2H3. The van der Waals surface area contributed by atoms with Gasteiger partial charge in [0, 0.05) is 10.2 Å². The molecule has 2 rings (SSSR count). The molecule has 3 heteroatoms. The van der Waals surface area contributed by atoms with Crippen LogP contribution in [0.25, 0.3) is 0 Å². The molecular weight excluding hydrogens is 252 g/mol. The van der Waals surface area contributed by atoms with Gasteiger partial charge in [0.15, 0.2) is 0 Å². The van der Waals surface area contributed by atoms with Crippen LogP contribution in [0.4, 0.5) is 0 Å². The molecule has 1 heterocycles. The van der Waals surface area contributed by atoms with Crippen molar-refractivity contribution in [2.75, 3.05) is 0 Å². The Morgan fingerprint density at radius 2 is 1.87 bits per heavy atom. The van der Waals surface area contributed by atoms with Gasteiger partial charge in [-0.05, 0) is 37.6 Å². The SMILES string of the molecule is Cc1cc(C)n(Cc2ccc(Br)cc2)n1. The van der Waals surface area contributed by atoms with E-state index in [2.05, 4.69) is 58.3 Å². The predicted octanol–water partition coefficient (Wildman–Crippen LogP) is 3.31. The minimum atomic E-state index is 0.840. The number of hydrogen-bond donors (Lipinski definition) is 0. The van der Waals surface area contributed by atoms with Gasteiger partial charge in [-0.25, -0.2) is 0 Å². The predicted molar refractivity (Wildman–Crippen MR) is 64.9 cm³/mol. The van der Waals surface area contributed by atoms with Crippen LogP contribution in [0.2, 0.25) is 0 Å². The molecule has 0 radical (unpaired) electrons. The van der Waals surface area contributed by atoms with E-state index in [9.17, 15) is 0 Å². The summed E-state index contributed by atoms with van der Waals surface area (Å²) >= 11 is 3.43. The van der Waals surface area contributed by atoms with Gasteiger partial charge in [0.2, 0.25) is 0 Å². The van der Waals surface area contributed by atoms with E-state index in [0.29, 0.717) is 0 Å². The summed E-state index contributed by atoms with van der Waals surface area (Å²) in [6, 6.07) is 10.4. The molecule has 0 amide bonds. The van der Waals surface area contributed by atoms with Crippen LogP contribution < -0.4 is 0 Å². The molecule has 0 fully saturated rings. The van der Waals surface area contributed by atoms with Gasteiger partial charge in [0.05, 0.1) is 12.2 Å². The third-order valence-electron chi connectivity index (χ3n) is 2.35. The van der Waals surface area contributed by atoms with Gasteiger partial charge in [-0.1, -0.05) is 28.1 Å². The second kappa shape index (κ2) is 4.19. The number of halogens is 1. The first-order chi connectivity index (χ1) is 7.15. The van der Waals surface area contributed by atoms with Gasteiger partial charge >= 0.3 is 0 Å². The Kier molecular flexibility index (Phi) is 2.91. The Bertz CT molecular complexity index is 457. The molecule has 0 bridgehead atoms. The summed E-state index contributed by atoms with van der Waals surface area (Å²) in [5.41, 5.74) is 3.55. The van der Waals surface area contributed by atoms with Crippen LogP contribution in [-0.4, -0.2) is 9.78 Å². The quantitative estimate of drug-likeness (QED) is 0.814. The lowest BCUT2D eigenvalue weighted by atomic mass is 10.2. The highest BCUT2D eigenvalue weighted by molar-refractivity contribution is 9.10. The van der Waals surface area contributed by atoms with Gasteiger partial charge in [0.1, 0.15) is 0 Å². The molecule has 0 saturated heterocycles. The summed E-state index contributed by atoms with van der Waals surface area (Å²) < 4.78 is 3.14. The van der Waals surface area contributed by atoms with Crippen LogP contribution in [0.15, 0.2) is 34.8 Å². The molecular formula is C12H13BrN2. The summed E-state index contributed by atoms with van der Waals surface area (Å²) in [7, 11) is 0. The monoisotopic (exact) mass is 264 g/mol. The molecule has 15 heavy (non-hydrogen) atoms. The summed E-state index contributed by atoms with van der Waals surface area (Å²) in [5, 5.41) is 4.43. The van der Waals surface area contributed by atoms with Crippen LogP contribution in [0.3, 0.4) is 0 Å². The molecule has 0 unspecified atom stereocenters. The fourth-order valence-electron chi connectivity index (χ4n) is 1.60. The number of aromatic nitrogens is 2. The topological polar surface area (TPSA) is 17.8 Å². The lowest BCUT2D eigenvalue weighted by Gasteiger charge is -2.04. The molecule has 1 aromatic carbocycles. The number of aryl methyl sites for hydroxylation is 2. The Balaban J connectivity index is 2.21. The normalized spacial score (nSPS) is 10.6. The zero-order valence-electron chi connectivity index (χ0n) is 8.87. The minimum absolute atomic E-state index is 0.840. The highest BCUT2D eigenvalue weighted by Gasteiger charge is 2.01. The molecule has 0 N–H and O–H groups in total. The maximum atomic E-state index is 4.43. The fraction of sp³-hybridized carbons (Fsp3) is 0.250. The number of nitrogens with zero attached hydrogens (tertiary/aromatic N) is 2. The van der Waals surface area contributed by atoms with Crippen molar-refractivity contribution in [1.29, 1.82) is 0 Å². The first-order valence-corrected chi connectivity index (χ1v) is 5.70. The number of benzene rings is 1. The van der Waals surface area contributed by atoms with E-state index in [1.807, 2.05) is 11.6 Å². The van der Waals surface area contributed by atoms with Crippen molar-refractivity contribution >= 4 is 15.9 Å². The third-order valence-corrected chi connectivity index (χ3v) is 2.88. The largest absolute Gasteiger partial charge is 0.265 e. The zero-order valence-corrected chi connectivity index (χ0v) is 10.5. The van der Waals surface area contributed by atoms with Crippen molar-refractivity contribution in [3.8, 4) is 0 Å². The van der Waals surface area contributed by atoms with E-state index in [1.165, 1.54) is 11.3 Å². The molecule has 78 valence electrons. The fourth-order valence-corrected chi connectivity index (χ4v) is 1.86. The molecule has 0 aliphatic heterocycles. The molecule has 0 saturated carbocycles. The molecule has 0 aliphatic carbocycles. The lowest BCUT2D eigenvalue weighted by Crippen LogP contribution is -2.03. The van der Waals surface area contributed by atoms with Crippen molar-refractivity contribution in [3.63, 3.8) is 0 Å². The molecule has 2 aromatic rings. The van der Waals surface area contributed by atoms with E-state index >= 15 is 0 Å². The lowest BCUT2D eigenvalue weighted by molar-refractivity contribution is 0.659. The number of hydrogen-bond acceptors (Lipinski definition) is 1.